The van der Waals surface area contributed by atoms with Crippen molar-refractivity contribution in [3.8, 4) is 0 Å². The first kappa shape index (κ1) is 27.0. The number of rotatable bonds is 6. The van der Waals surface area contributed by atoms with Gasteiger partial charge in [-0.05, 0) is 61.0 Å². The second kappa shape index (κ2) is 12.1. The number of nitrogens with zero attached hydrogens (tertiary/aromatic N) is 4. The van der Waals surface area contributed by atoms with E-state index >= 15 is 0 Å². The molecule has 0 aliphatic carbocycles. The Kier molecular flexibility index (Phi) is 8.60. The fraction of sp³-hybridized carbons (Fsp3) is 0.607. The third kappa shape index (κ3) is 6.52. The Balaban J connectivity index is 1.33. The third-order valence-electron chi connectivity index (χ3n) is 7.95. The number of benzene rings is 1. The molecule has 3 fully saturated rings. The number of halogens is 1. The topological polar surface area (TPSA) is 74.8 Å². The molecular weight excluding hydrogens is 503 g/mol. The fourth-order valence-corrected chi connectivity index (χ4v) is 6.14. The van der Waals surface area contributed by atoms with Crippen molar-refractivity contribution in [1.29, 1.82) is 0 Å². The van der Waals surface area contributed by atoms with Gasteiger partial charge in [-0.1, -0.05) is 26.0 Å². The average molecular weight is 543 g/mol. The van der Waals surface area contributed by atoms with Gasteiger partial charge in [0, 0.05) is 57.4 Å². The summed E-state index contributed by atoms with van der Waals surface area (Å²) in [5.41, 5.74) is 0.915. The number of aromatic nitrogens is 2. The van der Waals surface area contributed by atoms with Crippen molar-refractivity contribution < 1.29 is 13.9 Å². The minimum atomic E-state index is -0.230. The number of anilines is 3. The minimum absolute atomic E-state index is 0.181. The summed E-state index contributed by atoms with van der Waals surface area (Å²) in [6.07, 6.45) is 2.91. The van der Waals surface area contributed by atoms with Crippen molar-refractivity contribution >= 4 is 34.9 Å². The monoisotopic (exact) mass is 542 g/mol. The third-order valence-corrected chi connectivity index (χ3v) is 8.19. The van der Waals surface area contributed by atoms with Crippen LogP contribution in [0.1, 0.15) is 38.7 Å². The van der Waals surface area contributed by atoms with Gasteiger partial charge in [0.2, 0.25) is 5.95 Å². The molecule has 0 unspecified atom stereocenters. The molecule has 3 saturated heterocycles. The standard InChI is InChI=1S/C28H39FN6O2S/c1-20-15-21(2)18-35(17-20)25-16-24(34-9-13-37-14-10-34)31-26(32-25)33-27(38)30-19-28(7-11-36-12-8-28)22-3-5-23(29)6-4-22/h3-6,16,20-21H,7-15,17-19H2,1-2H3,(H2,30,31,32,33,38)/t20-,21-/m1/s1. The molecule has 206 valence electrons. The lowest BCUT2D eigenvalue weighted by molar-refractivity contribution is 0.0515. The van der Waals surface area contributed by atoms with Gasteiger partial charge in [-0.25, -0.2) is 4.39 Å². The Labute approximate surface area is 230 Å². The molecule has 2 atom stereocenters. The van der Waals surface area contributed by atoms with E-state index in [0.717, 1.165) is 56.2 Å². The lowest BCUT2D eigenvalue weighted by atomic mass is 9.74. The Morgan fingerprint density at radius 3 is 2.24 bits per heavy atom. The zero-order chi connectivity index (χ0) is 26.5. The number of morpholine rings is 1. The predicted molar refractivity (Wildman–Crippen MR) is 153 cm³/mol. The van der Waals surface area contributed by atoms with Crippen molar-refractivity contribution in [1.82, 2.24) is 15.3 Å². The zero-order valence-corrected chi connectivity index (χ0v) is 23.2. The summed E-state index contributed by atoms with van der Waals surface area (Å²) in [5.74, 6) is 3.31. The molecule has 2 aromatic rings. The van der Waals surface area contributed by atoms with Crippen LogP contribution in [0.5, 0.6) is 0 Å². The van der Waals surface area contributed by atoms with Gasteiger partial charge in [-0.3, -0.25) is 0 Å². The molecular formula is C28H39FN6O2S. The summed E-state index contributed by atoms with van der Waals surface area (Å²) >= 11 is 5.72. The lowest BCUT2D eigenvalue weighted by Gasteiger charge is -2.38. The van der Waals surface area contributed by atoms with Crippen molar-refractivity contribution in [2.45, 2.75) is 38.5 Å². The molecule has 0 radical (unpaired) electrons. The number of hydrogen-bond acceptors (Lipinski definition) is 7. The summed E-state index contributed by atoms with van der Waals surface area (Å²) < 4.78 is 24.8. The van der Waals surface area contributed by atoms with E-state index in [0.29, 0.717) is 55.9 Å². The summed E-state index contributed by atoms with van der Waals surface area (Å²) in [5, 5.41) is 7.15. The molecule has 8 nitrogen and oxygen atoms in total. The summed E-state index contributed by atoms with van der Waals surface area (Å²) in [6, 6.07) is 8.90. The largest absolute Gasteiger partial charge is 0.381 e. The van der Waals surface area contributed by atoms with Crippen LogP contribution in [-0.2, 0) is 14.9 Å². The Morgan fingerprint density at radius 1 is 0.974 bits per heavy atom. The normalized spacial score (nSPS) is 23.7. The van der Waals surface area contributed by atoms with Gasteiger partial charge in [0.15, 0.2) is 5.11 Å². The molecule has 3 aliphatic heterocycles. The van der Waals surface area contributed by atoms with Crippen LogP contribution in [0.3, 0.4) is 0 Å². The van der Waals surface area contributed by atoms with Crippen LogP contribution in [0.2, 0.25) is 0 Å². The molecule has 2 N–H and O–H groups in total. The maximum absolute atomic E-state index is 13.6. The van der Waals surface area contributed by atoms with Gasteiger partial charge in [0.25, 0.3) is 0 Å². The SMILES string of the molecule is C[C@@H]1C[C@@H](C)CN(c2cc(N3CCOCC3)nc(NC(=S)NCC3(c4ccc(F)cc4)CCOCC3)n2)C1. The van der Waals surface area contributed by atoms with Gasteiger partial charge in [-0.2, -0.15) is 9.97 Å². The van der Waals surface area contributed by atoms with Crippen LogP contribution < -0.4 is 20.4 Å². The van der Waals surface area contributed by atoms with Crippen LogP contribution in [-0.4, -0.2) is 74.2 Å². The van der Waals surface area contributed by atoms with Crippen LogP contribution in [0.25, 0.3) is 0 Å². The summed E-state index contributed by atoms with van der Waals surface area (Å²) in [6.45, 7) is 11.5. The highest BCUT2D eigenvalue weighted by Crippen LogP contribution is 2.34. The first-order valence-electron chi connectivity index (χ1n) is 13.8. The molecule has 4 heterocycles. The fourth-order valence-electron chi connectivity index (χ4n) is 5.97. The summed E-state index contributed by atoms with van der Waals surface area (Å²) in [4.78, 5) is 14.4. The van der Waals surface area contributed by atoms with Gasteiger partial charge >= 0.3 is 0 Å². The van der Waals surface area contributed by atoms with Gasteiger partial charge < -0.3 is 29.9 Å². The number of thiocarbonyl (C=S) groups is 1. The van der Waals surface area contributed by atoms with Gasteiger partial charge in [0.05, 0.1) is 13.2 Å². The van der Waals surface area contributed by atoms with E-state index in [9.17, 15) is 4.39 Å². The van der Waals surface area contributed by atoms with Crippen LogP contribution in [0.4, 0.5) is 22.0 Å². The Hall–Kier alpha value is -2.56. The molecule has 1 aromatic heterocycles. The van der Waals surface area contributed by atoms with E-state index in [1.807, 2.05) is 12.1 Å². The quantitative estimate of drug-likeness (QED) is 0.528. The highest BCUT2D eigenvalue weighted by molar-refractivity contribution is 7.80. The van der Waals surface area contributed by atoms with Crippen LogP contribution in [0.15, 0.2) is 30.3 Å². The van der Waals surface area contributed by atoms with Crippen LogP contribution in [0, 0.1) is 17.7 Å². The average Bonchev–Trinajstić information content (AvgIpc) is 2.92. The second-order valence-electron chi connectivity index (χ2n) is 11.1. The smallest absolute Gasteiger partial charge is 0.232 e. The molecule has 0 amide bonds. The first-order valence-corrected chi connectivity index (χ1v) is 14.2. The van der Waals surface area contributed by atoms with E-state index < -0.39 is 0 Å². The van der Waals surface area contributed by atoms with E-state index in [1.54, 1.807) is 0 Å². The van der Waals surface area contributed by atoms with Crippen LogP contribution >= 0.6 is 12.2 Å². The molecule has 10 heteroatoms. The highest BCUT2D eigenvalue weighted by Gasteiger charge is 2.35. The van der Waals surface area contributed by atoms with Crippen molar-refractivity contribution in [3.63, 3.8) is 0 Å². The van der Waals surface area contributed by atoms with E-state index in [4.69, 9.17) is 31.7 Å². The molecule has 0 spiro atoms. The summed E-state index contributed by atoms with van der Waals surface area (Å²) in [7, 11) is 0. The number of piperidine rings is 1. The van der Waals surface area contributed by atoms with Crippen molar-refractivity contribution in [2.24, 2.45) is 11.8 Å². The minimum Gasteiger partial charge on any atom is -0.381 e. The number of ether oxygens (including phenoxy) is 2. The first-order chi connectivity index (χ1) is 18.4. The molecule has 1 aromatic carbocycles. The second-order valence-corrected chi connectivity index (χ2v) is 11.5. The molecule has 38 heavy (non-hydrogen) atoms. The zero-order valence-electron chi connectivity index (χ0n) is 22.4. The molecule has 3 aliphatic rings. The van der Waals surface area contributed by atoms with Gasteiger partial charge in [-0.15, -0.1) is 0 Å². The molecule has 0 saturated carbocycles. The number of hydrogen-bond donors (Lipinski definition) is 2. The van der Waals surface area contributed by atoms with Gasteiger partial charge in [0.1, 0.15) is 17.5 Å². The van der Waals surface area contributed by atoms with E-state index in [-0.39, 0.29) is 11.2 Å². The molecule has 5 rings (SSSR count). The van der Waals surface area contributed by atoms with Crippen molar-refractivity contribution in [3.05, 3.63) is 41.7 Å². The predicted octanol–water partition coefficient (Wildman–Crippen LogP) is 3.97. The maximum Gasteiger partial charge on any atom is 0.232 e. The Bertz CT molecular complexity index is 1080. The maximum atomic E-state index is 13.6. The highest BCUT2D eigenvalue weighted by atomic mass is 32.1. The number of nitrogens with one attached hydrogen (secondary N) is 2. The van der Waals surface area contributed by atoms with Crippen molar-refractivity contribution in [2.75, 3.05) is 74.3 Å². The molecule has 0 bridgehead atoms. The Morgan fingerprint density at radius 2 is 1.58 bits per heavy atom. The van der Waals surface area contributed by atoms with E-state index in [2.05, 4.69) is 40.3 Å². The van der Waals surface area contributed by atoms with E-state index in [1.165, 1.54) is 18.6 Å². The lowest BCUT2D eigenvalue weighted by Crippen LogP contribution is -2.46.